The highest BCUT2D eigenvalue weighted by atomic mass is 19.1. The van der Waals surface area contributed by atoms with Gasteiger partial charge in [0.1, 0.15) is 35.7 Å². The molecule has 0 saturated carbocycles. The van der Waals surface area contributed by atoms with Crippen LogP contribution in [0.25, 0.3) is 0 Å². The van der Waals surface area contributed by atoms with Crippen molar-refractivity contribution in [2.24, 2.45) is 0 Å². The number of fused-ring (bicyclic) bond motifs is 1. The molecule has 3 aromatic rings. The zero-order valence-corrected chi connectivity index (χ0v) is 20.0. The van der Waals surface area contributed by atoms with Gasteiger partial charge in [-0.2, -0.15) is 0 Å². The van der Waals surface area contributed by atoms with E-state index >= 15 is 0 Å². The summed E-state index contributed by atoms with van der Waals surface area (Å²) in [7, 11) is 1.55. The number of hydrogen-bond donors (Lipinski definition) is 2. The van der Waals surface area contributed by atoms with Gasteiger partial charge in [-0.15, -0.1) is 0 Å². The molecule has 1 fully saturated rings. The van der Waals surface area contributed by atoms with E-state index in [-0.39, 0.29) is 37.0 Å². The van der Waals surface area contributed by atoms with E-state index in [0.29, 0.717) is 23.1 Å². The molecule has 3 heterocycles. The molecule has 5 rings (SSSR count). The van der Waals surface area contributed by atoms with E-state index in [4.69, 9.17) is 14.2 Å². The van der Waals surface area contributed by atoms with E-state index in [9.17, 15) is 23.5 Å². The minimum atomic E-state index is -1.18. The van der Waals surface area contributed by atoms with Gasteiger partial charge >= 0.3 is 0 Å². The highest BCUT2D eigenvalue weighted by Crippen LogP contribution is 2.32. The van der Waals surface area contributed by atoms with Crippen LogP contribution in [0.15, 0.2) is 54.7 Å². The Labute approximate surface area is 216 Å². The molecule has 0 unspecified atom stereocenters. The second-order valence-corrected chi connectivity index (χ2v) is 8.74. The second kappa shape index (κ2) is 10.1. The number of rotatable bonds is 4. The van der Waals surface area contributed by atoms with E-state index in [2.05, 4.69) is 22.1 Å². The lowest BCUT2D eigenvalue weighted by Crippen LogP contribution is -2.49. The number of benzene rings is 2. The molecule has 2 N–H and O–H groups in total. The van der Waals surface area contributed by atoms with Gasteiger partial charge in [-0.25, -0.2) is 8.78 Å². The maximum Gasteiger partial charge on any atom is 0.270 e. The molecule has 2 aromatic carbocycles. The zero-order valence-electron chi connectivity index (χ0n) is 20.0. The van der Waals surface area contributed by atoms with E-state index in [0.717, 1.165) is 12.1 Å². The van der Waals surface area contributed by atoms with E-state index in [1.807, 2.05) is 0 Å². The fourth-order valence-corrected chi connectivity index (χ4v) is 3.75. The predicted octanol–water partition coefficient (Wildman–Crippen LogP) is 2.42. The SMILES string of the molecule is CN1C(=O)[C@H](NC(=O)c2cc(Oc3ccc(F)cc3F)ccn2)COc2ccc(C#CC3(O)COC3)cc21. The number of anilines is 1. The summed E-state index contributed by atoms with van der Waals surface area (Å²) in [6.07, 6.45) is 1.29. The molecule has 2 aliphatic heterocycles. The quantitative estimate of drug-likeness (QED) is 0.508. The Morgan fingerprint density at radius 2 is 2.03 bits per heavy atom. The highest BCUT2D eigenvalue weighted by molar-refractivity contribution is 6.03. The maximum atomic E-state index is 13.9. The van der Waals surface area contributed by atoms with Crippen molar-refractivity contribution in [2.75, 3.05) is 31.8 Å². The number of ether oxygens (including phenoxy) is 3. The number of aliphatic hydroxyl groups is 1. The molecule has 38 heavy (non-hydrogen) atoms. The van der Waals surface area contributed by atoms with Crippen LogP contribution in [0.1, 0.15) is 16.1 Å². The van der Waals surface area contributed by atoms with Crippen molar-refractivity contribution in [3.63, 3.8) is 0 Å². The summed E-state index contributed by atoms with van der Waals surface area (Å²) in [5, 5.41) is 12.7. The van der Waals surface area contributed by atoms with Crippen LogP contribution in [0.5, 0.6) is 17.2 Å². The summed E-state index contributed by atoms with van der Waals surface area (Å²) < 4.78 is 43.3. The third-order valence-corrected chi connectivity index (χ3v) is 5.87. The summed E-state index contributed by atoms with van der Waals surface area (Å²) >= 11 is 0. The molecule has 2 amide bonds. The Kier molecular flexibility index (Phi) is 6.67. The van der Waals surface area contributed by atoms with Crippen LogP contribution in [0.3, 0.4) is 0 Å². The molecule has 9 nitrogen and oxygen atoms in total. The number of carbonyl (C=O) groups is 2. The van der Waals surface area contributed by atoms with Crippen LogP contribution in [0.2, 0.25) is 0 Å². The Bertz CT molecular complexity index is 1480. The molecule has 0 bridgehead atoms. The molecule has 11 heteroatoms. The molecule has 0 aliphatic carbocycles. The third kappa shape index (κ3) is 5.27. The Hall–Kier alpha value is -4.53. The molecule has 0 spiro atoms. The number of likely N-dealkylation sites (N-methyl/N-ethyl adjacent to an activating group) is 1. The van der Waals surface area contributed by atoms with Crippen LogP contribution >= 0.6 is 0 Å². The van der Waals surface area contributed by atoms with Gasteiger partial charge in [-0.3, -0.25) is 14.6 Å². The zero-order chi connectivity index (χ0) is 26.9. The molecule has 1 saturated heterocycles. The average Bonchev–Trinajstić information content (AvgIpc) is 3.00. The molecule has 1 atom stereocenters. The Morgan fingerprint density at radius 1 is 1.21 bits per heavy atom. The van der Waals surface area contributed by atoms with Crippen molar-refractivity contribution in [1.29, 1.82) is 0 Å². The number of pyridine rings is 1. The third-order valence-electron chi connectivity index (χ3n) is 5.87. The molecule has 0 radical (unpaired) electrons. The first-order valence-corrected chi connectivity index (χ1v) is 11.5. The number of hydrogen-bond acceptors (Lipinski definition) is 7. The van der Waals surface area contributed by atoms with Gasteiger partial charge in [-0.1, -0.05) is 11.8 Å². The Morgan fingerprint density at radius 3 is 2.76 bits per heavy atom. The highest BCUT2D eigenvalue weighted by Gasteiger charge is 2.34. The van der Waals surface area contributed by atoms with Crippen LogP contribution in [0.4, 0.5) is 14.5 Å². The van der Waals surface area contributed by atoms with Gasteiger partial charge in [0, 0.05) is 30.9 Å². The lowest BCUT2D eigenvalue weighted by molar-refractivity contribution is -0.140. The van der Waals surface area contributed by atoms with Crippen LogP contribution in [-0.4, -0.2) is 60.4 Å². The summed E-state index contributed by atoms with van der Waals surface area (Å²) in [6, 6.07) is 9.50. The van der Waals surface area contributed by atoms with Crippen LogP contribution < -0.4 is 19.7 Å². The molecule has 1 aromatic heterocycles. The fraction of sp³-hybridized carbons (Fsp3) is 0.222. The summed E-state index contributed by atoms with van der Waals surface area (Å²) in [6.45, 7) is 0.142. The van der Waals surface area contributed by atoms with Gasteiger partial charge in [0.25, 0.3) is 11.8 Å². The normalized spacial score (nSPS) is 17.6. The average molecular weight is 521 g/mol. The van der Waals surface area contributed by atoms with Gasteiger partial charge < -0.3 is 29.5 Å². The summed E-state index contributed by atoms with van der Waals surface area (Å²) in [4.78, 5) is 31.4. The largest absolute Gasteiger partial charge is 0.489 e. The van der Waals surface area contributed by atoms with Crippen molar-refractivity contribution >= 4 is 17.5 Å². The minimum Gasteiger partial charge on any atom is -0.489 e. The first-order valence-electron chi connectivity index (χ1n) is 11.5. The first kappa shape index (κ1) is 25.1. The van der Waals surface area contributed by atoms with Crippen LogP contribution in [-0.2, 0) is 9.53 Å². The van der Waals surface area contributed by atoms with E-state index in [1.54, 1.807) is 25.2 Å². The summed E-state index contributed by atoms with van der Waals surface area (Å²) in [5.41, 5.74) is -0.249. The number of nitrogens with one attached hydrogen (secondary N) is 1. The van der Waals surface area contributed by atoms with Crippen LogP contribution in [0, 0.1) is 23.5 Å². The van der Waals surface area contributed by atoms with Crippen molar-refractivity contribution in [2.45, 2.75) is 11.6 Å². The monoisotopic (exact) mass is 521 g/mol. The van der Waals surface area contributed by atoms with Gasteiger partial charge in [0.05, 0.1) is 18.9 Å². The van der Waals surface area contributed by atoms with Crippen molar-refractivity contribution < 1.29 is 37.7 Å². The van der Waals surface area contributed by atoms with E-state index in [1.165, 1.54) is 23.2 Å². The topological polar surface area (TPSA) is 110 Å². The smallest absolute Gasteiger partial charge is 0.270 e. The molecule has 2 aliphatic rings. The number of nitrogens with zero attached hydrogens (tertiary/aromatic N) is 2. The van der Waals surface area contributed by atoms with Gasteiger partial charge in [0.2, 0.25) is 0 Å². The maximum absolute atomic E-state index is 13.9. The van der Waals surface area contributed by atoms with E-state index < -0.39 is 35.1 Å². The van der Waals surface area contributed by atoms with Crippen molar-refractivity contribution in [3.8, 4) is 29.1 Å². The molecular formula is C27H21F2N3O6. The Balaban J connectivity index is 1.29. The number of halogens is 2. The number of aromatic nitrogens is 1. The van der Waals surface area contributed by atoms with Gasteiger partial charge in [0.15, 0.2) is 17.2 Å². The first-order chi connectivity index (χ1) is 18.2. The van der Waals surface area contributed by atoms with Gasteiger partial charge in [-0.05, 0) is 36.4 Å². The second-order valence-electron chi connectivity index (χ2n) is 8.74. The molecule has 194 valence electrons. The minimum absolute atomic E-state index is 0.0855. The number of amides is 2. The fourth-order valence-electron chi connectivity index (χ4n) is 3.75. The predicted molar refractivity (Wildman–Crippen MR) is 130 cm³/mol. The summed E-state index contributed by atoms with van der Waals surface area (Å²) in [5.74, 6) is 3.16. The lowest BCUT2D eigenvalue weighted by atomic mass is 10.0. The van der Waals surface area contributed by atoms with Crippen molar-refractivity contribution in [3.05, 3.63) is 77.6 Å². The van der Waals surface area contributed by atoms with Crippen molar-refractivity contribution in [1.82, 2.24) is 10.3 Å². The standard InChI is InChI=1S/C27H21F2N3O6/c1-32-22-10-16(6-8-27(35)14-36-15-27)2-4-24(22)37-13-21(26(32)34)31-25(33)20-12-18(7-9-30-20)38-23-5-3-17(28)11-19(23)29/h2-5,7,9-12,21,35H,13-15H2,1H3,(H,31,33)/t21-/m1/s1. The number of carbonyl (C=O) groups excluding carboxylic acids is 2. The lowest BCUT2D eigenvalue weighted by Gasteiger charge is -2.30. The molecular weight excluding hydrogens is 500 g/mol.